The number of carbonyl (C=O) groups is 1. The largest absolute Gasteiger partial charge is 0.380 e. The first-order valence-corrected chi connectivity index (χ1v) is 11.7. The van der Waals surface area contributed by atoms with Gasteiger partial charge in [0.05, 0.1) is 18.9 Å². The molecule has 0 saturated carbocycles. The summed E-state index contributed by atoms with van der Waals surface area (Å²) in [5.74, 6) is 1.08. The van der Waals surface area contributed by atoms with Gasteiger partial charge in [-0.05, 0) is 42.2 Å². The summed E-state index contributed by atoms with van der Waals surface area (Å²) in [7, 11) is 0. The topological polar surface area (TPSA) is 69.0 Å². The van der Waals surface area contributed by atoms with Gasteiger partial charge in [-0.15, -0.1) is 10.2 Å². The van der Waals surface area contributed by atoms with Crippen molar-refractivity contribution in [3.8, 4) is 11.4 Å². The van der Waals surface area contributed by atoms with Crippen LogP contribution < -0.4 is 5.32 Å². The summed E-state index contributed by atoms with van der Waals surface area (Å²) in [6.45, 7) is 6.54. The van der Waals surface area contributed by atoms with E-state index in [9.17, 15) is 9.18 Å². The minimum Gasteiger partial charge on any atom is -0.380 e. The van der Waals surface area contributed by atoms with E-state index in [-0.39, 0.29) is 17.5 Å². The number of benzene rings is 2. The molecule has 1 N–H and O–H groups in total. The Morgan fingerprint density at radius 1 is 1.09 bits per heavy atom. The highest BCUT2D eigenvalue weighted by Gasteiger charge is 2.16. The molecule has 6 nitrogen and oxygen atoms in total. The van der Waals surface area contributed by atoms with Crippen molar-refractivity contribution < 1.29 is 13.9 Å². The lowest BCUT2D eigenvalue weighted by Gasteiger charge is -2.11. The highest BCUT2D eigenvalue weighted by Crippen LogP contribution is 2.25. The third kappa shape index (κ3) is 7.46. The van der Waals surface area contributed by atoms with Crippen LogP contribution in [0, 0.1) is 11.7 Å². The fourth-order valence-corrected chi connectivity index (χ4v) is 3.75. The molecular formula is C24H29FN4O2S. The standard InChI is InChI=1S/C24H29FN4O2S/c1-18(2)12-14-31-15-13-26-22(30)17-32-24-28-27-23(20-8-10-21(25)11-9-20)29(24)16-19-6-4-3-5-7-19/h3-11,18H,12-17H2,1-2H3,(H,26,30). The van der Waals surface area contributed by atoms with Crippen LogP contribution in [0.1, 0.15) is 25.8 Å². The average molecular weight is 457 g/mol. The first-order chi connectivity index (χ1) is 15.5. The average Bonchev–Trinajstić information content (AvgIpc) is 3.18. The normalized spacial score (nSPS) is 11.1. The van der Waals surface area contributed by atoms with Crippen molar-refractivity contribution in [3.05, 3.63) is 66.0 Å². The predicted octanol–water partition coefficient (Wildman–Crippen LogP) is 4.40. The lowest BCUT2D eigenvalue weighted by Crippen LogP contribution is -2.29. The molecule has 1 heterocycles. The van der Waals surface area contributed by atoms with Gasteiger partial charge in [-0.1, -0.05) is 55.9 Å². The van der Waals surface area contributed by atoms with Gasteiger partial charge >= 0.3 is 0 Å². The van der Waals surface area contributed by atoms with E-state index in [1.165, 1.54) is 23.9 Å². The van der Waals surface area contributed by atoms with Crippen LogP contribution >= 0.6 is 11.8 Å². The molecule has 1 amide bonds. The second kappa shape index (κ2) is 12.4. The number of halogens is 1. The van der Waals surface area contributed by atoms with E-state index in [1.54, 1.807) is 12.1 Å². The molecule has 170 valence electrons. The molecule has 0 radical (unpaired) electrons. The van der Waals surface area contributed by atoms with Gasteiger partial charge in [0, 0.05) is 18.7 Å². The minimum atomic E-state index is -0.303. The molecular weight excluding hydrogens is 427 g/mol. The number of aromatic nitrogens is 3. The van der Waals surface area contributed by atoms with E-state index < -0.39 is 0 Å². The van der Waals surface area contributed by atoms with Crippen LogP contribution in [-0.2, 0) is 16.1 Å². The zero-order valence-corrected chi connectivity index (χ0v) is 19.3. The predicted molar refractivity (Wildman–Crippen MR) is 125 cm³/mol. The number of rotatable bonds is 12. The molecule has 0 fully saturated rings. The minimum absolute atomic E-state index is 0.0833. The van der Waals surface area contributed by atoms with Gasteiger partial charge in [0.15, 0.2) is 11.0 Å². The lowest BCUT2D eigenvalue weighted by molar-refractivity contribution is -0.118. The van der Waals surface area contributed by atoms with Gasteiger partial charge in [0.1, 0.15) is 5.82 Å². The monoisotopic (exact) mass is 456 g/mol. The van der Waals surface area contributed by atoms with Crippen LogP contribution in [-0.4, -0.2) is 46.2 Å². The first-order valence-electron chi connectivity index (χ1n) is 10.7. The van der Waals surface area contributed by atoms with E-state index in [4.69, 9.17) is 4.74 Å². The zero-order valence-electron chi connectivity index (χ0n) is 18.5. The number of ether oxygens (including phenoxy) is 1. The number of amides is 1. The third-order valence-corrected chi connectivity index (χ3v) is 5.71. The number of nitrogens with one attached hydrogen (secondary N) is 1. The number of hydrogen-bond donors (Lipinski definition) is 1. The summed E-state index contributed by atoms with van der Waals surface area (Å²) in [6, 6.07) is 16.1. The molecule has 32 heavy (non-hydrogen) atoms. The van der Waals surface area contributed by atoms with Crippen molar-refractivity contribution in [2.24, 2.45) is 5.92 Å². The van der Waals surface area contributed by atoms with Crippen LogP contribution in [0.2, 0.25) is 0 Å². The fourth-order valence-electron chi connectivity index (χ4n) is 2.98. The maximum absolute atomic E-state index is 13.4. The molecule has 3 aromatic rings. The summed E-state index contributed by atoms with van der Waals surface area (Å²) in [5, 5.41) is 12.1. The molecule has 0 aliphatic heterocycles. The van der Waals surface area contributed by atoms with Crippen LogP contribution in [0.4, 0.5) is 4.39 Å². The third-order valence-electron chi connectivity index (χ3n) is 4.74. The van der Waals surface area contributed by atoms with Gasteiger partial charge in [-0.2, -0.15) is 0 Å². The first kappa shape index (κ1) is 23.9. The molecule has 0 aliphatic carbocycles. The van der Waals surface area contributed by atoms with Crippen molar-refractivity contribution in [2.45, 2.75) is 32.0 Å². The number of carbonyl (C=O) groups excluding carboxylic acids is 1. The SMILES string of the molecule is CC(C)CCOCCNC(=O)CSc1nnc(-c2ccc(F)cc2)n1Cc1ccccc1. The van der Waals surface area contributed by atoms with E-state index in [0.717, 1.165) is 17.5 Å². The maximum Gasteiger partial charge on any atom is 0.230 e. The number of hydrogen-bond acceptors (Lipinski definition) is 5. The van der Waals surface area contributed by atoms with Gasteiger partial charge < -0.3 is 10.1 Å². The fraction of sp³-hybridized carbons (Fsp3) is 0.375. The van der Waals surface area contributed by atoms with Crippen molar-refractivity contribution in [1.29, 1.82) is 0 Å². The molecule has 0 saturated heterocycles. The summed E-state index contributed by atoms with van der Waals surface area (Å²) in [6.07, 6.45) is 1.01. The molecule has 0 unspecified atom stereocenters. The van der Waals surface area contributed by atoms with Crippen LogP contribution in [0.25, 0.3) is 11.4 Å². The Bertz CT molecular complexity index is 977. The van der Waals surface area contributed by atoms with Crippen LogP contribution in [0.5, 0.6) is 0 Å². The van der Waals surface area contributed by atoms with Crippen molar-refractivity contribution in [2.75, 3.05) is 25.5 Å². The molecule has 0 aliphatic rings. The molecule has 3 rings (SSSR count). The summed E-state index contributed by atoms with van der Waals surface area (Å²) in [4.78, 5) is 12.3. The summed E-state index contributed by atoms with van der Waals surface area (Å²) < 4.78 is 20.9. The zero-order chi connectivity index (χ0) is 22.8. The molecule has 0 spiro atoms. The van der Waals surface area contributed by atoms with Crippen LogP contribution in [0.3, 0.4) is 0 Å². The van der Waals surface area contributed by atoms with Crippen molar-refractivity contribution >= 4 is 17.7 Å². The van der Waals surface area contributed by atoms with Crippen molar-refractivity contribution in [1.82, 2.24) is 20.1 Å². The molecule has 2 aromatic carbocycles. The molecule has 0 atom stereocenters. The summed E-state index contributed by atoms with van der Waals surface area (Å²) >= 11 is 1.33. The van der Waals surface area contributed by atoms with E-state index in [2.05, 4.69) is 29.4 Å². The van der Waals surface area contributed by atoms with Crippen molar-refractivity contribution in [3.63, 3.8) is 0 Å². The van der Waals surface area contributed by atoms with Crippen LogP contribution in [0.15, 0.2) is 59.8 Å². The number of thioether (sulfide) groups is 1. The van der Waals surface area contributed by atoms with E-state index in [1.807, 2.05) is 34.9 Å². The smallest absolute Gasteiger partial charge is 0.230 e. The Labute approximate surface area is 192 Å². The van der Waals surface area contributed by atoms with E-state index >= 15 is 0 Å². The second-order valence-electron chi connectivity index (χ2n) is 7.82. The lowest BCUT2D eigenvalue weighted by atomic mass is 10.1. The van der Waals surface area contributed by atoms with Gasteiger partial charge in [0.2, 0.25) is 5.91 Å². The Kier molecular flexibility index (Phi) is 9.25. The molecule has 8 heteroatoms. The quantitative estimate of drug-likeness (QED) is 0.323. The Morgan fingerprint density at radius 2 is 1.84 bits per heavy atom. The van der Waals surface area contributed by atoms with Gasteiger partial charge in [0.25, 0.3) is 0 Å². The van der Waals surface area contributed by atoms with Gasteiger partial charge in [-0.25, -0.2) is 4.39 Å². The Balaban J connectivity index is 1.61. The molecule has 0 bridgehead atoms. The second-order valence-corrected chi connectivity index (χ2v) is 8.76. The Hall–Kier alpha value is -2.71. The maximum atomic E-state index is 13.4. The summed E-state index contributed by atoms with van der Waals surface area (Å²) in [5.41, 5.74) is 1.85. The number of nitrogens with zero attached hydrogens (tertiary/aromatic N) is 3. The highest BCUT2D eigenvalue weighted by molar-refractivity contribution is 7.99. The van der Waals surface area contributed by atoms with Gasteiger partial charge in [-0.3, -0.25) is 9.36 Å². The van der Waals surface area contributed by atoms with E-state index in [0.29, 0.717) is 43.2 Å². The highest BCUT2D eigenvalue weighted by atomic mass is 32.2. The Morgan fingerprint density at radius 3 is 2.56 bits per heavy atom. The molecule has 1 aromatic heterocycles.